The van der Waals surface area contributed by atoms with Crippen molar-refractivity contribution in [2.24, 2.45) is 0 Å². The second kappa shape index (κ2) is 6.35. The Balaban J connectivity index is 2.33. The third-order valence-corrected chi connectivity index (χ3v) is 3.11. The summed E-state index contributed by atoms with van der Waals surface area (Å²) < 4.78 is 14.2. The molecule has 96 valence electrons. The number of hydrogen-bond acceptors (Lipinski definition) is 0. The number of hydrogen-bond donors (Lipinski definition) is 0. The number of rotatable bonds is 3. The molecule has 0 saturated carbocycles. The third-order valence-electron chi connectivity index (χ3n) is 2.84. The van der Waals surface area contributed by atoms with Gasteiger partial charge in [0.15, 0.2) is 0 Å². The molecule has 0 fully saturated rings. The van der Waals surface area contributed by atoms with Gasteiger partial charge in [-0.05, 0) is 29.7 Å². The molecule has 19 heavy (non-hydrogen) atoms. The summed E-state index contributed by atoms with van der Waals surface area (Å²) >= 11 is 6.04. The molecular weight excluding hydrogens is 259 g/mol. The Bertz CT molecular complexity index is 598. The van der Waals surface area contributed by atoms with Gasteiger partial charge in [0.1, 0.15) is 5.83 Å². The van der Waals surface area contributed by atoms with Crippen molar-refractivity contribution in [2.75, 3.05) is 0 Å². The maximum atomic E-state index is 14.2. The van der Waals surface area contributed by atoms with E-state index in [1.54, 1.807) is 13.0 Å². The molecule has 0 spiro atoms. The molecule has 0 amide bonds. The highest BCUT2D eigenvalue weighted by Gasteiger charge is 2.08. The molecule has 2 rings (SSSR count). The Hall–Kier alpha value is -1.86. The average molecular weight is 273 g/mol. The second-order valence-corrected chi connectivity index (χ2v) is 4.62. The first-order valence-corrected chi connectivity index (χ1v) is 6.40. The zero-order chi connectivity index (χ0) is 13.7. The fraction of sp³-hybridized carbons (Fsp3) is 0.0588. The summed E-state index contributed by atoms with van der Waals surface area (Å²) in [6, 6.07) is 18.8. The molecule has 2 aromatic rings. The van der Waals surface area contributed by atoms with Gasteiger partial charge in [-0.15, -0.1) is 0 Å². The van der Waals surface area contributed by atoms with Crippen molar-refractivity contribution in [1.82, 2.24) is 0 Å². The van der Waals surface area contributed by atoms with Gasteiger partial charge in [-0.25, -0.2) is 4.39 Å². The van der Waals surface area contributed by atoms with Crippen molar-refractivity contribution in [3.05, 3.63) is 82.6 Å². The van der Waals surface area contributed by atoms with E-state index in [4.69, 9.17) is 11.6 Å². The number of benzene rings is 2. The molecular formula is C17H14ClF. The van der Waals surface area contributed by atoms with E-state index in [0.717, 1.165) is 11.1 Å². The molecule has 0 heterocycles. The molecule has 0 aliphatic rings. The molecule has 0 aliphatic carbocycles. The minimum atomic E-state index is -0.392. The lowest BCUT2D eigenvalue weighted by Crippen LogP contribution is -1.84. The Kier molecular flexibility index (Phi) is 4.53. The maximum Gasteiger partial charge on any atom is 0.145 e. The van der Waals surface area contributed by atoms with E-state index in [9.17, 15) is 4.39 Å². The lowest BCUT2D eigenvalue weighted by atomic mass is 10.1. The molecule has 0 nitrogen and oxygen atoms in total. The van der Waals surface area contributed by atoms with Crippen LogP contribution in [0.4, 0.5) is 4.39 Å². The highest BCUT2D eigenvalue weighted by Crippen LogP contribution is 2.28. The van der Waals surface area contributed by atoms with Crippen molar-refractivity contribution in [2.45, 2.75) is 6.92 Å². The molecule has 2 heteroatoms. The van der Waals surface area contributed by atoms with Crippen molar-refractivity contribution in [3.8, 4) is 0 Å². The molecule has 2 aromatic carbocycles. The van der Waals surface area contributed by atoms with Gasteiger partial charge in [-0.2, -0.15) is 0 Å². The van der Waals surface area contributed by atoms with Gasteiger partial charge in [0, 0.05) is 0 Å². The van der Waals surface area contributed by atoms with Crippen LogP contribution in [-0.4, -0.2) is 0 Å². The van der Waals surface area contributed by atoms with Crippen LogP contribution in [0.5, 0.6) is 0 Å². The van der Waals surface area contributed by atoms with E-state index in [1.165, 1.54) is 0 Å². The first-order chi connectivity index (χ1) is 9.18. The molecule has 0 saturated heterocycles. The highest BCUT2D eigenvalue weighted by molar-refractivity contribution is 6.34. The highest BCUT2D eigenvalue weighted by atomic mass is 35.5. The lowest BCUT2D eigenvalue weighted by molar-refractivity contribution is 0.666. The average Bonchev–Trinajstić information content (AvgIpc) is 2.47. The third kappa shape index (κ3) is 3.55. The smallest absolute Gasteiger partial charge is 0.145 e. The molecule has 0 atom stereocenters. The van der Waals surface area contributed by atoms with E-state index < -0.39 is 5.83 Å². The van der Waals surface area contributed by atoms with Gasteiger partial charge < -0.3 is 0 Å². The summed E-state index contributed by atoms with van der Waals surface area (Å²) in [7, 11) is 0. The zero-order valence-electron chi connectivity index (χ0n) is 10.6. The van der Waals surface area contributed by atoms with Crippen LogP contribution in [0.2, 0.25) is 0 Å². The van der Waals surface area contributed by atoms with Crippen LogP contribution in [-0.2, 0) is 0 Å². The van der Waals surface area contributed by atoms with Crippen LogP contribution in [0.1, 0.15) is 18.1 Å². The molecule has 0 aliphatic heterocycles. The van der Waals surface area contributed by atoms with Gasteiger partial charge in [0.25, 0.3) is 0 Å². The standard InChI is InChI=1S/C17H14ClF/c1-13(15-10-6-3-7-11-15)17(19)16(18)12-14-8-4-2-5-9-14/h2-12H,1H3. The predicted octanol–water partition coefficient (Wildman–Crippen LogP) is 5.67. The minimum Gasteiger partial charge on any atom is -0.205 e. The van der Waals surface area contributed by atoms with E-state index >= 15 is 0 Å². The molecule has 0 N–H and O–H groups in total. The van der Waals surface area contributed by atoms with Gasteiger partial charge in [0.05, 0.1) is 5.03 Å². The maximum absolute atomic E-state index is 14.2. The summed E-state index contributed by atoms with van der Waals surface area (Å²) in [5.74, 6) is -0.392. The molecule has 0 radical (unpaired) electrons. The van der Waals surface area contributed by atoms with Crippen LogP contribution in [0.3, 0.4) is 0 Å². The van der Waals surface area contributed by atoms with Gasteiger partial charge in [-0.3, -0.25) is 0 Å². The summed E-state index contributed by atoms with van der Waals surface area (Å²) in [5.41, 5.74) is 2.25. The Morgan fingerprint density at radius 3 is 2.05 bits per heavy atom. The first-order valence-electron chi connectivity index (χ1n) is 6.03. The fourth-order valence-corrected chi connectivity index (χ4v) is 2.02. The Morgan fingerprint density at radius 2 is 1.47 bits per heavy atom. The summed E-state index contributed by atoms with van der Waals surface area (Å²) in [5, 5.41) is 0.118. The zero-order valence-corrected chi connectivity index (χ0v) is 11.4. The quantitative estimate of drug-likeness (QED) is 0.632. The monoisotopic (exact) mass is 272 g/mol. The van der Waals surface area contributed by atoms with E-state index in [0.29, 0.717) is 5.57 Å². The molecule has 0 bridgehead atoms. The normalized spacial score (nSPS) is 13.1. The number of halogens is 2. The topological polar surface area (TPSA) is 0 Å². The van der Waals surface area contributed by atoms with E-state index in [1.807, 2.05) is 60.7 Å². The largest absolute Gasteiger partial charge is 0.205 e. The van der Waals surface area contributed by atoms with Crippen molar-refractivity contribution in [3.63, 3.8) is 0 Å². The van der Waals surface area contributed by atoms with Crippen LogP contribution >= 0.6 is 11.6 Å². The van der Waals surface area contributed by atoms with Gasteiger partial charge >= 0.3 is 0 Å². The fourth-order valence-electron chi connectivity index (χ4n) is 1.75. The van der Waals surface area contributed by atoms with Crippen molar-refractivity contribution >= 4 is 23.3 Å². The van der Waals surface area contributed by atoms with Crippen LogP contribution in [0.25, 0.3) is 11.6 Å². The SMILES string of the molecule is CC(=C(F)C(Cl)=Cc1ccccc1)c1ccccc1. The first kappa shape index (κ1) is 13.6. The number of allylic oxidation sites excluding steroid dienone is 3. The van der Waals surface area contributed by atoms with Gasteiger partial charge in [-0.1, -0.05) is 72.3 Å². The summed E-state index contributed by atoms with van der Waals surface area (Å²) in [6.07, 6.45) is 1.63. The predicted molar refractivity (Wildman–Crippen MR) is 80.4 cm³/mol. The second-order valence-electron chi connectivity index (χ2n) is 4.21. The van der Waals surface area contributed by atoms with E-state index in [-0.39, 0.29) is 5.03 Å². The van der Waals surface area contributed by atoms with Gasteiger partial charge in [0.2, 0.25) is 0 Å². The van der Waals surface area contributed by atoms with E-state index in [2.05, 4.69) is 0 Å². The Morgan fingerprint density at radius 1 is 0.947 bits per heavy atom. The minimum absolute atomic E-state index is 0.118. The summed E-state index contributed by atoms with van der Waals surface area (Å²) in [6.45, 7) is 1.73. The van der Waals surface area contributed by atoms with Crippen LogP contribution in [0.15, 0.2) is 71.5 Å². The van der Waals surface area contributed by atoms with Crippen molar-refractivity contribution < 1.29 is 4.39 Å². The molecule has 0 unspecified atom stereocenters. The Labute approximate surface area is 117 Å². The van der Waals surface area contributed by atoms with Crippen molar-refractivity contribution in [1.29, 1.82) is 0 Å². The van der Waals surface area contributed by atoms with Crippen LogP contribution in [0, 0.1) is 0 Å². The van der Waals surface area contributed by atoms with Crippen LogP contribution < -0.4 is 0 Å². The summed E-state index contributed by atoms with van der Waals surface area (Å²) in [4.78, 5) is 0. The molecule has 0 aromatic heterocycles. The lowest BCUT2D eigenvalue weighted by Gasteiger charge is -2.04.